The molecule has 5 rings (SSSR count). The van der Waals surface area contributed by atoms with Gasteiger partial charge in [-0.3, -0.25) is 4.90 Å². The fraction of sp³-hybridized carbons (Fsp3) is 0.296. The Morgan fingerprint density at radius 2 is 1.29 bits per heavy atom. The van der Waals surface area contributed by atoms with E-state index in [0.717, 1.165) is 54.8 Å². The van der Waals surface area contributed by atoms with E-state index in [0.29, 0.717) is 6.04 Å². The summed E-state index contributed by atoms with van der Waals surface area (Å²) in [4.78, 5) is 2.41. The number of benzene rings is 3. The second-order valence-electron chi connectivity index (χ2n) is 8.47. The lowest BCUT2D eigenvalue weighted by atomic mass is 9.79. The van der Waals surface area contributed by atoms with Crippen molar-refractivity contribution in [1.29, 1.82) is 0 Å². The molecule has 2 saturated heterocycles. The Hall–Kier alpha value is -2.95. The van der Waals surface area contributed by atoms with Crippen molar-refractivity contribution in [3.8, 4) is 0 Å². The summed E-state index contributed by atoms with van der Waals surface area (Å²) in [7, 11) is 0. The molecule has 4 heteroatoms. The largest absolute Gasteiger partial charge is 0.411 e. The Kier molecular flexibility index (Phi) is 5.58. The number of fused-ring (bicyclic) bond motifs is 1. The second kappa shape index (κ2) is 8.66. The van der Waals surface area contributed by atoms with E-state index in [1.54, 1.807) is 0 Å². The number of oxime groups is 1. The van der Waals surface area contributed by atoms with E-state index in [1.807, 2.05) is 0 Å². The third kappa shape index (κ3) is 3.67. The molecule has 0 bridgehead atoms. The Morgan fingerprint density at radius 3 is 1.77 bits per heavy atom. The minimum Gasteiger partial charge on any atom is -0.411 e. The average molecular weight is 413 g/mol. The minimum absolute atomic E-state index is 0.0980. The van der Waals surface area contributed by atoms with Crippen LogP contribution in [0.15, 0.2) is 96.2 Å². The lowest BCUT2D eigenvalue weighted by Gasteiger charge is -2.41. The Labute approximate surface area is 183 Å². The maximum atomic E-state index is 9.24. The predicted octanol–water partition coefficient (Wildman–Crippen LogP) is 5.06. The van der Waals surface area contributed by atoms with Gasteiger partial charge in [-0.1, -0.05) is 96.2 Å². The van der Waals surface area contributed by atoms with Crippen molar-refractivity contribution in [1.82, 2.24) is 4.90 Å². The van der Waals surface area contributed by atoms with Gasteiger partial charge in [0.2, 0.25) is 0 Å². The summed E-state index contributed by atoms with van der Waals surface area (Å²) >= 11 is 0. The lowest BCUT2D eigenvalue weighted by Crippen LogP contribution is -2.46. The fourth-order valence-corrected chi connectivity index (χ4v) is 5.25. The first kappa shape index (κ1) is 20.0. The Morgan fingerprint density at radius 1 is 0.774 bits per heavy atom. The van der Waals surface area contributed by atoms with Gasteiger partial charge in [-0.15, -0.1) is 0 Å². The minimum atomic E-state index is -0.685. The van der Waals surface area contributed by atoms with Crippen molar-refractivity contribution in [2.45, 2.75) is 37.0 Å². The van der Waals surface area contributed by atoms with Gasteiger partial charge >= 0.3 is 0 Å². The standard InChI is InChI=1S/C27H28N2O2/c30-28-24-16-17-25-26(18-19-29(25)20-24)31-27(21-10-4-1-5-11-21,22-12-6-2-7-13-22)23-14-8-3-9-15-23/h1-15,25-26,30H,16-20H2/b28-24-/t25-,26-/m0/s1. The fourth-order valence-electron chi connectivity index (χ4n) is 5.25. The van der Waals surface area contributed by atoms with Crippen LogP contribution < -0.4 is 0 Å². The molecule has 0 radical (unpaired) electrons. The summed E-state index contributed by atoms with van der Waals surface area (Å²) in [6.07, 6.45) is 2.85. The lowest BCUT2D eigenvalue weighted by molar-refractivity contribution is -0.0625. The molecule has 0 aromatic heterocycles. The molecule has 2 heterocycles. The maximum Gasteiger partial charge on any atom is 0.144 e. The van der Waals surface area contributed by atoms with E-state index in [9.17, 15) is 5.21 Å². The molecule has 2 atom stereocenters. The van der Waals surface area contributed by atoms with Crippen molar-refractivity contribution < 1.29 is 9.94 Å². The van der Waals surface area contributed by atoms with E-state index in [1.165, 1.54) is 0 Å². The highest BCUT2D eigenvalue weighted by molar-refractivity contribution is 5.86. The van der Waals surface area contributed by atoms with Gasteiger partial charge in [0.05, 0.1) is 11.8 Å². The highest BCUT2D eigenvalue weighted by Gasteiger charge is 2.45. The third-order valence-corrected chi connectivity index (χ3v) is 6.72. The van der Waals surface area contributed by atoms with Crippen LogP contribution in [0.5, 0.6) is 0 Å². The van der Waals surface area contributed by atoms with Crippen LogP contribution >= 0.6 is 0 Å². The number of piperidine rings is 1. The quantitative estimate of drug-likeness (QED) is 0.362. The summed E-state index contributed by atoms with van der Waals surface area (Å²) < 4.78 is 7.25. The molecule has 0 spiro atoms. The first-order chi connectivity index (χ1) is 15.3. The molecule has 31 heavy (non-hydrogen) atoms. The van der Waals surface area contributed by atoms with Gasteiger partial charge in [-0.05, 0) is 36.0 Å². The molecule has 2 aliphatic heterocycles. The van der Waals surface area contributed by atoms with Crippen LogP contribution in [0, 0.1) is 0 Å². The first-order valence-electron chi connectivity index (χ1n) is 11.1. The molecule has 158 valence electrons. The number of hydrogen-bond donors (Lipinski definition) is 1. The Balaban J connectivity index is 1.61. The molecule has 2 fully saturated rings. The van der Waals surface area contributed by atoms with E-state index >= 15 is 0 Å². The number of rotatable bonds is 5. The van der Waals surface area contributed by atoms with E-state index in [2.05, 4.69) is 101 Å². The van der Waals surface area contributed by atoms with E-state index < -0.39 is 5.60 Å². The highest BCUT2D eigenvalue weighted by Crippen LogP contribution is 2.44. The molecule has 0 aliphatic carbocycles. The van der Waals surface area contributed by atoms with Gasteiger partial charge in [-0.2, -0.15) is 0 Å². The van der Waals surface area contributed by atoms with Gasteiger partial charge in [0, 0.05) is 19.1 Å². The predicted molar refractivity (Wildman–Crippen MR) is 123 cm³/mol. The van der Waals surface area contributed by atoms with Gasteiger partial charge < -0.3 is 9.94 Å². The van der Waals surface area contributed by atoms with E-state index in [-0.39, 0.29) is 6.10 Å². The average Bonchev–Trinajstić information content (AvgIpc) is 3.26. The normalized spacial score (nSPS) is 23.0. The van der Waals surface area contributed by atoms with E-state index in [4.69, 9.17) is 4.74 Å². The van der Waals surface area contributed by atoms with Crippen molar-refractivity contribution in [2.24, 2.45) is 5.16 Å². The van der Waals surface area contributed by atoms with Crippen molar-refractivity contribution in [3.63, 3.8) is 0 Å². The molecule has 4 nitrogen and oxygen atoms in total. The van der Waals surface area contributed by atoms with Crippen molar-refractivity contribution in [3.05, 3.63) is 108 Å². The highest BCUT2D eigenvalue weighted by atomic mass is 16.5. The molecular weight excluding hydrogens is 384 g/mol. The van der Waals surface area contributed by atoms with Crippen LogP contribution in [0.4, 0.5) is 0 Å². The molecule has 3 aromatic rings. The topological polar surface area (TPSA) is 45.1 Å². The summed E-state index contributed by atoms with van der Waals surface area (Å²) in [5.41, 5.74) is 3.60. The monoisotopic (exact) mass is 412 g/mol. The molecular formula is C27H28N2O2. The molecule has 2 aliphatic rings. The molecule has 0 amide bonds. The summed E-state index contributed by atoms with van der Waals surface area (Å²) in [5.74, 6) is 0. The summed E-state index contributed by atoms with van der Waals surface area (Å²) in [6, 6.07) is 32.0. The smallest absolute Gasteiger partial charge is 0.144 e. The zero-order chi connectivity index (χ0) is 21.1. The molecule has 0 unspecified atom stereocenters. The summed E-state index contributed by atoms with van der Waals surface area (Å²) in [6.45, 7) is 1.69. The van der Waals surface area contributed by atoms with Crippen molar-refractivity contribution >= 4 is 5.71 Å². The number of ether oxygens (including phenoxy) is 1. The number of nitrogens with zero attached hydrogens (tertiary/aromatic N) is 2. The number of hydrogen-bond acceptors (Lipinski definition) is 4. The van der Waals surface area contributed by atoms with Crippen LogP contribution in [0.3, 0.4) is 0 Å². The van der Waals surface area contributed by atoms with Crippen LogP contribution in [-0.4, -0.2) is 41.1 Å². The SMILES string of the molecule is O/N=C1/CC[C@H]2[C@@H](OC(c3ccccc3)(c3ccccc3)c3ccccc3)CCN2C1. The molecule has 3 aromatic carbocycles. The molecule has 1 N–H and O–H groups in total. The Bertz CT molecular complexity index is 924. The van der Waals surface area contributed by atoms with Crippen molar-refractivity contribution in [2.75, 3.05) is 13.1 Å². The summed E-state index contributed by atoms with van der Waals surface area (Å²) in [5, 5.41) is 12.7. The van der Waals surface area contributed by atoms with Crippen LogP contribution in [0.1, 0.15) is 36.0 Å². The van der Waals surface area contributed by atoms with Gasteiger partial charge in [-0.25, -0.2) is 0 Å². The third-order valence-electron chi connectivity index (χ3n) is 6.72. The van der Waals surface area contributed by atoms with Crippen LogP contribution in [0.25, 0.3) is 0 Å². The van der Waals surface area contributed by atoms with Gasteiger partial charge in [0.25, 0.3) is 0 Å². The first-order valence-corrected chi connectivity index (χ1v) is 11.1. The molecule has 0 saturated carbocycles. The van der Waals surface area contributed by atoms with Crippen LogP contribution in [0.2, 0.25) is 0 Å². The second-order valence-corrected chi connectivity index (χ2v) is 8.47. The maximum absolute atomic E-state index is 9.24. The van der Waals surface area contributed by atoms with Crippen LogP contribution in [-0.2, 0) is 10.3 Å². The zero-order valence-electron chi connectivity index (χ0n) is 17.6. The van der Waals surface area contributed by atoms with Gasteiger partial charge in [0.15, 0.2) is 0 Å². The zero-order valence-corrected chi connectivity index (χ0v) is 17.6. The van der Waals surface area contributed by atoms with Gasteiger partial charge in [0.1, 0.15) is 5.60 Å².